The lowest BCUT2D eigenvalue weighted by molar-refractivity contribution is 0.0920. The van der Waals surface area contributed by atoms with Crippen molar-refractivity contribution in [1.29, 1.82) is 0 Å². The van der Waals surface area contributed by atoms with Crippen LogP contribution in [0.15, 0.2) is 24.7 Å². The molecule has 1 saturated carbocycles. The highest BCUT2D eigenvalue weighted by molar-refractivity contribution is 7.17. The molecular weight excluding hydrogens is 472 g/mol. The minimum atomic E-state index is -0.160. The molecule has 0 spiro atoms. The number of halogens is 1. The Hall–Kier alpha value is -2.85. The maximum absolute atomic E-state index is 12.7. The minimum absolute atomic E-state index is 0.0648. The predicted molar refractivity (Wildman–Crippen MR) is 132 cm³/mol. The molecule has 1 aliphatic carbocycles. The quantitative estimate of drug-likeness (QED) is 0.418. The van der Waals surface area contributed by atoms with Crippen molar-refractivity contribution in [3.63, 3.8) is 0 Å². The molecule has 0 aliphatic heterocycles. The van der Waals surface area contributed by atoms with Gasteiger partial charge in [-0.1, -0.05) is 36.8 Å². The number of nitrogens with one attached hydrogen (secondary N) is 1. The van der Waals surface area contributed by atoms with Crippen LogP contribution in [0.5, 0.6) is 0 Å². The van der Waals surface area contributed by atoms with E-state index in [4.69, 9.17) is 16.6 Å². The smallest absolute Gasteiger partial charge is 0.280 e. The van der Waals surface area contributed by atoms with Crippen LogP contribution in [0, 0.1) is 12.8 Å². The highest BCUT2D eigenvalue weighted by Crippen LogP contribution is 2.34. The number of nitrogens with zero attached hydrogens (tertiary/aromatic N) is 7. The van der Waals surface area contributed by atoms with Crippen molar-refractivity contribution in [2.75, 3.05) is 0 Å². The van der Waals surface area contributed by atoms with Crippen LogP contribution in [0.2, 0.25) is 4.34 Å². The van der Waals surface area contributed by atoms with Gasteiger partial charge in [0.25, 0.3) is 5.91 Å². The molecule has 4 heterocycles. The van der Waals surface area contributed by atoms with Crippen LogP contribution in [0.4, 0.5) is 0 Å². The average molecular weight is 499 g/mol. The molecule has 9 nitrogen and oxygen atoms in total. The molecule has 1 fully saturated rings. The monoisotopic (exact) mass is 498 g/mol. The fourth-order valence-corrected chi connectivity index (χ4v) is 5.46. The van der Waals surface area contributed by atoms with Crippen molar-refractivity contribution < 1.29 is 4.79 Å². The van der Waals surface area contributed by atoms with E-state index in [1.54, 1.807) is 17.2 Å². The van der Waals surface area contributed by atoms with E-state index in [1.807, 2.05) is 13.0 Å². The normalized spacial score (nSPS) is 18.6. The molecule has 2 unspecified atom stereocenters. The topological polar surface area (TPSA) is 103 Å². The van der Waals surface area contributed by atoms with Gasteiger partial charge in [-0.15, -0.1) is 4.80 Å². The molecule has 1 amide bonds. The first kappa shape index (κ1) is 22.9. The Morgan fingerprint density at radius 1 is 1.26 bits per heavy atom. The summed E-state index contributed by atoms with van der Waals surface area (Å²) in [5, 5.41) is 12.3. The zero-order chi connectivity index (χ0) is 23.8. The number of aryl methyl sites for hydroxylation is 1. The van der Waals surface area contributed by atoms with Crippen LogP contribution >= 0.6 is 22.9 Å². The van der Waals surface area contributed by atoms with Gasteiger partial charge in [-0.3, -0.25) is 4.79 Å². The van der Waals surface area contributed by atoms with E-state index in [-0.39, 0.29) is 18.0 Å². The summed E-state index contributed by atoms with van der Waals surface area (Å²) in [5.41, 5.74) is 2.73. The zero-order valence-corrected chi connectivity index (χ0v) is 21.0. The zero-order valence-electron chi connectivity index (χ0n) is 19.4. The van der Waals surface area contributed by atoms with Crippen LogP contribution in [0.1, 0.15) is 66.9 Å². The lowest BCUT2D eigenvalue weighted by Crippen LogP contribution is -2.39. The van der Waals surface area contributed by atoms with Crippen molar-refractivity contribution >= 4 is 39.9 Å². The van der Waals surface area contributed by atoms with Gasteiger partial charge in [-0.25, -0.2) is 15.0 Å². The molecule has 4 aromatic rings. The molecule has 1 aliphatic rings. The van der Waals surface area contributed by atoms with Crippen LogP contribution in [-0.4, -0.2) is 46.5 Å². The first-order chi connectivity index (χ1) is 16.4. The number of aromatic nitrogens is 7. The number of rotatable bonds is 6. The first-order valence-corrected chi connectivity index (χ1v) is 12.7. The SMILES string of the molecule is Cc1cnn(-c2cc3c(cn2)nc(CC(C)C)n3C2CCCC(NC(=O)c3ncc(Cl)s3)C2)n1. The van der Waals surface area contributed by atoms with Gasteiger partial charge in [0.1, 0.15) is 15.7 Å². The highest BCUT2D eigenvalue weighted by Gasteiger charge is 2.29. The summed E-state index contributed by atoms with van der Waals surface area (Å²) in [6.07, 6.45) is 9.73. The lowest BCUT2D eigenvalue weighted by Gasteiger charge is -2.32. The number of amides is 1. The molecule has 1 N–H and O–H groups in total. The van der Waals surface area contributed by atoms with Gasteiger partial charge in [0.15, 0.2) is 10.8 Å². The maximum atomic E-state index is 12.7. The molecular formula is C23H27ClN8OS. The summed E-state index contributed by atoms with van der Waals surface area (Å²) < 4.78 is 2.87. The van der Waals surface area contributed by atoms with Gasteiger partial charge in [0.05, 0.1) is 29.8 Å². The summed E-state index contributed by atoms with van der Waals surface area (Å²) in [7, 11) is 0. The Kier molecular flexibility index (Phi) is 6.35. The van der Waals surface area contributed by atoms with E-state index < -0.39 is 0 Å². The van der Waals surface area contributed by atoms with Crippen LogP contribution < -0.4 is 5.32 Å². The van der Waals surface area contributed by atoms with Gasteiger partial charge in [-0.05, 0) is 38.5 Å². The first-order valence-electron chi connectivity index (χ1n) is 11.6. The predicted octanol–water partition coefficient (Wildman–Crippen LogP) is 4.54. The second kappa shape index (κ2) is 9.42. The average Bonchev–Trinajstić information content (AvgIpc) is 3.51. The van der Waals surface area contributed by atoms with Crippen molar-refractivity contribution in [2.24, 2.45) is 5.92 Å². The third-order valence-corrected chi connectivity index (χ3v) is 7.17. The van der Waals surface area contributed by atoms with E-state index >= 15 is 0 Å². The van der Waals surface area contributed by atoms with Gasteiger partial charge in [-0.2, -0.15) is 10.2 Å². The number of carbonyl (C=O) groups excluding carboxylic acids is 1. The summed E-state index contributed by atoms with van der Waals surface area (Å²) in [5.74, 6) is 2.02. The summed E-state index contributed by atoms with van der Waals surface area (Å²) in [6.45, 7) is 6.31. The summed E-state index contributed by atoms with van der Waals surface area (Å²) in [6, 6.07) is 2.31. The van der Waals surface area contributed by atoms with E-state index in [0.29, 0.717) is 21.1 Å². The summed E-state index contributed by atoms with van der Waals surface area (Å²) in [4.78, 5) is 27.8. The van der Waals surface area contributed by atoms with Crippen molar-refractivity contribution in [3.05, 3.63) is 45.5 Å². The van der Waals surface area contributed by atoms with Gasteiger partial charge in [0, 0.05) is 24.6 Å². The molecule has 11 heteroatoms. The molecule has 178 valence electrons. The second-order valence-electron chi connectivity index (χ2n) is 9.26. The number of thiazole rings is 1. The molecule has 2 atom stereocenters. The standard InChI is InChI=1S/C23H27ClN8OS/c1-13(2)7-21-29-17-11-25-20(32-27-10-14(3)30-32)9-18(17)31(21)16-6-4-5-15(8-16)28-22(33)23-26-12-19(24)34-23/h9-13,15-16H,4-8H2,1-3H3,(H,28,33). The molecule has 4 aromatic heterocycles. The molecule has 0 aromatic carbocycles. The van der Waals surface area contributed by atoms with Crippen molar-refractivity contribution in [3.8, 4) is 5.82 Å². The Labute approximate surface area is 206 Å². The van der Waals surface area contributed by atoms with Gasteiger partial charge < -0.3 is 9.88 Å². The van der Waals surface area contributed by atoms with E-state index in [2.05, 4.69) is 43.9 Å². The van der Waals surface area contributed by atoms with Crippen LogP contribution in [0.25, 0.3) is 16.9 Å². The molecule has 0 bridgehead atoms. The maximum Gasteiger partial charge on any atom is 0.280 e. The number of imidazole rings is 1. The lowest BCUT2D eigenvalue weighted by atomic mass is 9.90. The van der Waals surface area contributed by atoms with Gasteiger partial charge >= 0.3 is 0 Å². The highest BCUT2D eigenvalue weighted by atomic mass is 35.5. The number of fused-ring (bicyclic) bond motifs is 1. The molecule has 5 rings (SSSR count). The number of hydrogen-bond donors (Lipinski definition) is 1. The number of carbonyl (C=O) groups is 1. The Bertz CT molecular complexity index is 1330. The molecule has 0 radical (unpaired) electrons. The minimum Gasteiger partial charge on any atom is -0.347 e. The fraction of sp³-hybridized carbons (Fsp3) is 0.478. The summed E-state index contributed by atoms with van der Waals surface area (Å²) >= 11 is 7.16. The van der Waals surface area contributed by atoms with Crippen molar-refractivity contribution in [1.82, 2.24) is 39.8 Å². The fourth-order valence-electron chi connectivity index (χ4n) is 4.65. The molecule has 0 saturated heterocycles. The van der Waals surface area contributed by atoms with Gasteiger partial charge in [0.2, 0.25) is 0 Å². The second-order valence-corrected chi connectivity index (χ2v) is 10.9. The van der Waals surface area contributed by atoms with Crippen LogP contribution in [-0.2, 0) is 6.42 Å². The molecule has 34 heavy (non-hydrogen) atoms. The van der Waals surface area contributed by atoms with E-state index in [9.17, 15) is 4.79 Å². The third kappa shape index (κ3) is 4.69. The third-order valence-electron chi connectivity index (χ3n) is 6.06. The Morgan fingerprint density at radius 3 is 2.82 bits per heavy atom. The Balaban J connectivity index is 1.46. The van der Waals surface area contributed by atoms with E-state index in [1.165, 1.54) is 17.5 Å². The Morgan fingerprint density at radius 2 is 2.12 bits per heavy atom. The van der Waals surface area contributed by atoms with Crippen LogP contribution in [0.3, 0.4) is 0 Å². The van der Waals surface area contributed by atoms with Crippen molar-refractivity contribution in [2.45, 2.75) is 65.0 Å². The van der Waals surface area contributed by atoms with E-state index in [0.717, 1.165) is 54.7 Å². The largest absolute Gasteiger partial charge is 0.347 e. The number of pyridine rings is 1. The number of hydrogen-bond acceptors (Lipinski definition) is 7.